The van der Waals surface area contributed by atoms with E-state index in [9.17, 15) is 9.59 Å². The number of rotatable bonds is 7. The van der Waals surface area contributed by atoms with Gasteiger partial charge in [-0.1, -0.05) is 42.1 Å². The topological polar surface area (TPSA) is 97.0 Å². The van der Waals surface area contributed by atoms with Crippen molar-refractivity contribution in [2.75, 3.05) is 17.7 Å². The normalized spacial score (nSPS) is 17.8. The third-order valence-corrected chi connectivity index (χ3v) is 7.79. The molecule has 1 amide bonds. The van der Waals surface area contributed by atoms with E-state index in [4.69, 9.17) is 4.74 Å². The van der Waals surface area contributed by atoms with E-state index in [2.05, 4.69) is 20.5 Å². The molecule has 0 spiro atoms. The second kappa shape index (κ2) is 9.56. The lowest BCUT2D eigenvalue weighted by atomic mass is 9.92. The maximum absolute atomic E-state index is 13.3. The molecular weight excluding hydrogens is 444 g/mol. The average Bonchev–Trinajstić information content (AvgIpc) is 3.57. The van der Waals surface area contributed by atoms with Gasteiger partial charge in [0.1, 0.15) is 11.1 Å². The van der Waals surface area contributed by atoms with Crippen LogP contribution >= 0.6 is 23.1 Å². The number of nitrogens with zero attached hydrogens (tertiary/aromatic N) is 2. The fourth-order valence-electron chi connectivity index (χ4n) is 4.18. The van der Waals surface area contributed by atoms with E-state index >= 15 is 0 Å². The lowest BCUT2D eigenvalue weighted by Crippen LogP contribution is -2.16. The van der Waals surface area contributed by atoms with E-state index in [1.165, 1.54) is 28.0 Å². The predicted octanol–water partition coefficient (Wildman–Crippen LogP) is 4.56. The SMILES string of the molecule is O=C(CSc1n[nH]c([C@H]2CCCO2)n1)Nc1sc2c(c1C(=O)c1ccccc1)CCCC2. The van der Waals surface area contributed by atoms with Crippen molar-refractivity contribution in [3.63, 3.8) is 0 Å². The Kier molecular flexibility index (Phi) is 6.38. The van der Waals surface area contributed by atoms with Gasteiger partial charge in [0.25, 0.3) is 0 Å². The number of hydrogen-bond acceptors (Lipinski definition) is 7. The minimum absolute atomic E-state index is 0.0249. The van der Waals surface area contributed by atoms with Crippen LogP contribution in [0, 0.1) is 0 Å². The second-order valence-corrected chi connectivity index (χ2v) is 10.00. The van der Waals surface area contributed by atoms with Gasteiger partial charge in [-0.2, -0.15) is 0 Å². The number of amides is 1. The molecule has 7 nitrogen and oxygen atoms in total. The first-order valence-corrected chi connectivity index (χ1v) is 12.7. The molecule has 1 atom stereocenters. The molecule has 1 aliphatic heterocycles. The highest BCUT2D eigenvalue weighted by atomic mass is 32.2. The monoisotopic (exact) mass is 468 g/mol. The number of aromatic amines is 1. The zero-order chi connectivity index (χ0) is 21.9. The lowest BCUT2D eigenvalue weighted by Gasteiger charge is -2.12. The van der Waals surface area contributed by atoms with Crippen molar-refractivity contribution in [3.05, 3.63) is 57.7 Å². The largest absolute Gasteiger partial charge is 0.370 e. The van der Waals surface area contributed by atoms with Crippen LogP contribution in [0.5, 0.6) is 0 Å². The van der Waals surface area contributed by atoms with Gasteiger partial charge < -0.3 is 10.1 Å². The lowest BCUT2D eigenvalue weighted by molar-refractivity contribution is -0.113. The molecule has 5 rings (SSSR count). The van der Waals surface area contributed by atoms with Gasteiger partial charge >= 0.3 is 0 Å². The number of aryl methyl sites for hydroxylation is 1. The summed E-state index contributed by atoms with van der Waals surface area (Å²) in [6, 6.07) is 9.27. The van der Waals surface area contributed by atoms with Crippen LogP contribution in [0.3, 0.4) is 0 Å². The maximum atomic E-state index is 13.3. The van der Waals surface area contributed by atoms with Gasteiger partial charge in [-0.3, -0.25) is 14.7 Å². The molecule has 3 aromatic rings. The van der Waals surface area contributed by atoms with Gasteiger partial charge in [0.15, 0.2) is 11.6 Å². The molecule has 1 saturated heterocycles. The van der Waals surface area contributed by atoms with Crippen molar-refractivity contribution in [1.82, 2.24) is 15.2 Å². The number of benzene rings is 1. The zero-order valence-corrected chi connectivity index (χ0v) is 19.2. The summed E-state index contributed by atoms with van der Waals surface area (Å²) in [6.07, 6.45) is 5.95. The molecule has 2 aliphatic rings. The van der Waals surface area contributed by atoms with E-state index < -0.39 is 0 Å². The number of carbonyl (C=O) groups is 2. The van der Waals surface area contributed by atoms with Gasteiger partial charge in [0.05, 0.1) is 11.3 Å². The maximum Gasteiger partial charge on any atom is 0.235 e. The number of hydrogen-bond donors (Lipinski definition) is 2. The van der Waals surface area contributed by atoms with Crippen molar-refractivity contribution >= 4 is 39.8 Å². The summed E-state index contributed by atoms with van der Waals surface area (Å²) in [6.45, 7) is 0.741. The molecule has 0 saturated carbocycles. The third kappa shape index (κ3) is 4.51. The first kappa shape index (κ1) is 21.4. The second-order valence-electron chi connectivity index (χ2n) is 7.95. The van der Waals surface area contributed by atoms with Crippen LogP contribution < -0.4 is 5.32 Å². The number of ether oxygens (including phenoxy) is 1. The molecule has 0 bridgehead atoms. The molecule has 9 heteroatoms. The number of carbonyl (C=O) groups excluding carboxylic acids is 2. The number of thiophene rings is 1. The summed E-state index contributed by atoms with van der Waals surface area (Å²) in [5.41, 5.74) is 2.41. The van der Waals surface area contributed by atoms with E-state index in [-0.39, 0.29) is 23.5 Å². The minimum Gasteiger partial charge on any atom is -0.370 e. The van der Waals surface area contributed by atoms with Crippen molar-refractivity contribution in [1.29, 1.82) is 0 Å². The minimum atomic E-state index is -0.167. The number of anilines is 1. The van der Waals surface area contributed by atoms with Crippen LogP contribution in [0.25, 0.3) is 0 Å². The van der Waals surface area contributed by atoms with Crippen molar-refractivity contribution in [2.45, 2.75) is 49.8 Å². The highest BCUT2D eigenvalue weighted by molar-refractivity contribution is 7.99. The quantitative estimate of drug-likeness (QED) is 0.390. The van der Waals surface area contributed by atoms with Crippen molar-refractivity contribution in [2.24, 2.45) is 0 Å². The molecule has 1 aromatic carbocycles. The average molecular weight is 469 g/mol. The highest BCUT2D eigenvalue weighted by Crippen LogP contribution is 2.39. The van der Waals surface area contributed by atoms with Crippen LogP contribution in [0.2, 0.25) is 0 Å². The van der Waals surface area contributed by atoms with Crippen LogP contribution in [0.1, 0.15) is 64.0 Å². The van der Waals surface area contributed by atoms with Gasteiger partial charge in [-0.25, -0.2) is 4.98 Å². The van der Waals surface area contributed by atoms with E-state index in [1.54, 1.807) is 0 Å². The number of nitrogens with one attached hydrogen (secondary N) is 2. The smallest absolute Gasteiger partial charge is 0.235 e. The number of aromatic nitrogens is 3. The molecule has 2 N–H and O–H groups in total. The van der Waals surface area contributed by atoms with Crippen molar-refractivity contribution < 1.29 is 14.3 Å². The molecule has 1 aliphatic carbocycles. The highest BCUT2D eigenvalue weighted by Gasteiger charge is 2.27. The van der Waals surface area contributed by atoms with Crippen LogP contribution in [-0.4, -0.2) is 39.2 Å². The molecule has 3 heterocycles. The van der Waals surface area contributed by atoms with Gasteiger partial charge in [0.2, 0.25) is 11.1 Å². The standard InChI is InChI=1S/C23H24N4O3S2/c28-18(13-31-23-25-21(26-27-23)16-10-6-12-30-16)24-22-19(15-9-4-5-11-17(15)32-22)20(29)14-7-2-1-3-8-14/h1-3,7-8,16H,4-6,9-13H2,(H,24,28)(H,25,26,27)/t16-/m1/s1. The molecule has 1 fully saturated rings. The summed E-state index contributed by atoms with van der Waals surface area (Å²) in [4.78, 5) is 31.7. The summed E-state index contributed by atoms with van der Waals surface area (Å²) in [5.74, 6) is 0.694. The summed E-state index contributed by atoms with van der Waals surface area (Å²) >= 11 is 2.81. The third-order valence-electron chi connectivity index (χ3n) is 5.74. The Balaban J connectivity index is 1.30. The van der Waals surface area contributed by atoms with Crippen molar-refractivity contribution in [3.8, 4) is 0 Å². The number of fused-ring (bicyclic) bond motifs is 1. The van der Waals surface area contributed by atoms with E-state index in [0.717, 1.165) is 50.7 Å². The molecule has 0 unspecified atom stereocenters. The van der Waals surface area contributed by atoms with E-state index in [0.29, 0.717) is 27.1 Å². The van der Waals surface area contributed by atoms with E-state index in [1.807, 2.05) is 30.3 Å². The fraction of sp³-hybridized carbons (Fsp3) is 0.391. The number of ketones is 1. The zero-order valence-electron chi connectivity index (χ0n) is 17.6. The molecule has 32 heavy (non-hydrogen) atoms. The Labute approximate surface area is 194 Å². The Hall–Kier alpha value is -2.49. The predicted molar refractivity (Wildman–Crippen MR) is 124 cm³/mol. The molecular formula is C23H24N4O3S2. The summed E-state index contributed by atoms with van der Waals surface area (Å²) in [5, 5.41) is 11.3. The number of H-pyrrole nitrogens is 1. The summed E-state index contributed by atoms with van der Waals surface area (Å²) in [7, 11) is 0. The van der Waals surface area contributed by atoms with Crippen LogP contribution in [0.4, 0.5) is 5.00 Å². The number of thioether (sulfide) groups is 1. The van der Waals surface area contributed by atoms with Gasteiger partial charge in [-0.15, -0.1) is 16.4 Å². The molecule has 166 valence electrons. The molecule has 0 radical (unpaired) electrons. The van der Waals surface area contributed by atoms with Gasteiger partial charge in [0, 0.05) is 17.0 Å². The first-order chi connectivity index (χ1) is 15.7. The Bertz CT molecular complexity index is 1120. The first-order valence-electron chi connectivity index (χ1n) is 10.9. The van der Waals surface area contributed by atoms with Crippen LogP contribution in [0.15, 0.2) is 35.5 Å². The van der Waals surface area contributed by atoms with Gasteiger partial charge in [-0.05, 0) is 44.1 Å². The Morgan fingerprint density at radius 2 is 2.03 bits per heavy atom. The fourth-order valence-corrected chi connectivity index (χ4v) is 6.09. The Morgan fingerprint density at radius 3 is 2.84 bits per heavy atom. The Morgan fingerprint density at radius 1 is 1.19 bits per heavy atom. The van der Waals surface area contributed by atoms with Crippen LogP contribution in [-0.2, 0) is 22.4 Å². The summed E-state index contributed by atoms with van der Waals surface area (Å²) < 4.78 is 5.62. The molecule has 2 aromatic heterocycles.